The summed E-state index contributed by atoms with van der Waals surface area (Å²) < 4.78 is 18.3. The fourth-order valence-corrected chi connectivity index (χ4v) is 2.23. The number of methoxy groups -OCH3 is 1. The van der Waals surface area contributed by atoms with E-state index in [1.54, 1.807) is 25.3 Å². The van der Waals surface area contributed by atoms with Gasteiger partial charge in [-0.15, -0.1) is 0 Å². The maximum atomic E-state index is 13.0. The van der Waals surface area contributed by atoms with Gasteiger partial charge in [0.2, 0.25) is 0 Å². The zero-order valence-electron chi connectivity index (χ0n) is 11.3. The van der Waals surface area contributed by atoms with Gasteiger partial charge < -0.3 is 10.1 Å². The van der Waals surface area contributed by atoms with E-state index in [0.717, 1.165) is 29.8 Å². The van der Waals surface area contributed by atoms with Crippen molar-refractivity contribution in [2.75, 3.05) is 13.7 Å². The van der Waals surface area contributed by atoms with Gasteiger partial charge in [0.05, 0.1) is 7.11 Å². The molecule has 2 nitrogen and oxygen atoms in total. The number of ether oxygens (including phenoxy) is 1. The van der Waals surface area contributed by atoms with Crippen LogP contribution in [0.25, 0.3) is 0 Å². The van der Waals surface area contributed by atoms with Gasteiger partial charge in [0.15, 0.2) is 0 Å². The van der Waals surface area contributed by atoms with E-state index in [0.29, 0.717) is 11.6 Å². The zero-order chi connectivity index (χ0) is 14.4. The molecule has 0 unspecified atom stereocenters. The Morgan fingerprint density at radius 1 is 1.20 bits per heavy atom. The van der Waals surface area contributed by atoms with Crippen LogP contribution in [0.15, 0.2) is 42.5 Å². The first-order valence-corrected chi connectivity index (χ1v) is 6.84. The number of nitrogens with one attached hydrogen (secondary N) is 1. The van der Waals surface area contributed by atoms with Crippen molar-refractivity contribution in [1.29, 1.82) is 0 Å². The SMILES string of the molecule is COc1ccc(Cl)cc1CNCCc1cccc(F)c1. The molecule has 4 heteroatoms. The van der Waals surface area contributed by atoms with Crippen LogP contribution in [0.5, 0.6) is 5.75 Å². The molecule has 106 valence electrons. The lowest BCUT2D eigenvalue weighted by Crippen LogP contribution is -2.17. The second-order valence-corrected chi connectivity index (χ2v) is 4.95. The first-order valence-electron chi connectivity index (χ1n) is 6.46. The van der Waals surface area contributed by atoms with Gasteiger partial charge in [-0.1, -0.05) is 23.7 Å². The Morgan fingerprint density at radius 3 is 2.80 bits per heavy atom. The molecule has 2 aromatic rings. The summed E-state index contributed by atoms with van der Waals surface area (Å²) in [6.45, 7) is 1.43. The van der Waals surface area contributed by atoms with E-state index in [9.17, 15) is 4.39 Å². The van der Waals surface area contributed by atoms with Crippen molar-refractivity contribution in [3.63, 3.8) is 0 Å². The van der Waals surface area contributed by atoms with Gasteiger partial charge >= 0.3 is 0 Å². The highest BCUT2D eigenvalue weighted by atomic mass is 35.5. The van der Waals surface area contributed by atoms with Crippen LogP contribution >= 0.6 is 11.6 Å². The Kier molecular flexibility index (Phi) is 5.39. The smallest absolute Gasteiger partial charge is 0.123 e. The van der Waals surface area contributed by atoms with Crippen LogP contribution in [-0.2, 0) is 13.0 Å². The summed E-state index contributed by atoms with van der Waals surface area (Å²) in [6, 6.07) is 12.2. The summed E-state index contributed by atoms with van der Waals surface area (Å²) in [7, 11) is 1.64. The standard InChI is InChI=1S/C16H17ClFNO/c1-20-16-6-5-14(17)10-13(16)11-19-8-7-12-3-2-4-15(18)9-12/h2-6,9-10,19H,7-8,11H2,1H3. The maximum Gasteiger partial charge on any atom is 0.123 e. The highest BCUT2D eigenvalue weighted by Crippen LogP contribution is 2.22. The largest absolute Gasteiger partial charge is 0.496 e. The highest BCUT2D eigenvalue weighted by Gasteiger charge is 2.03. The normalized spacial score (nSPS) is 10.6. The minimum atomic E-state index is -0.195. The van der Waals surface area contributed by atoms with Crippen LogP contribution in [0.4, 0.5) is 4.39 Å². The predicted molar refractivity (Wildman–Crippen MR) is 79.8 cm³/mol. The molecule has 20 heavy (non-hydrogen) atoms. The predicted octanol–water partition coefficient (Wildman–Crippen LogP) is 3.82. The molecule has 0 spiro atoms. The minimum absolute atomic E-state index is 0.195. The molecule has 0 aliphatic carbocycles. The third kappa shape index (κ3) is 4.22. The summed E-state index contributed by atoms with van der Waals surface area (Å²) in [5.74, 6) is 0.617. The van der Waals surface area contributed by atoms with Gasteiger partial charge in [-0.3, -0.25) is 0 Å². The Hall–Kier alpha value is -1.58. The lowest BCUT2D eigenvalue weighted by atomic mass is 10.1. The zero-order valence-corrected chi connectivity index (χ0v) is 12.1. The van der Waals surface area contributed by atoms with Crippen molar-refractivity contribution < 1.29 is 9.13 Å². The molecule has 2 rings (SSSR count). The molecule has 0 saturated heterocycles. The Balaban J connectivity index is 1.85. The van der Waals surface area contributed by atoms with Gasteiger partial charge in [0.1, 0.15) is 11.6 Å². The van der Waals surface area contributed by atoms with Gasteiger partial charge in [-0.25, -0.2) is 4.39 Å². The summed E-state index contributed by atoms with van der Waals surface area (Å²) in [6.07, 6.45) is 0.778. The Morgan fingerprint density at radius 2 is 2.05 bits per heavy atom. The maximum absolute atomic E-state index is 13.0. The fourth-order valence-electron chi connectivity index (χ4n) is 2.03. The first-order chi connectivity index (χ1) is 9.69. The highest BCUT2D eigenvalue weighted by molar-refractivity contribution is 6.30. The molecule has 0 aliphatic rings. The lowest BCUT2D eigenvalue weighted by molar-refractivity contribution is 0.408. The molecule has 0 aromatic heterocycles. The number of hydrogen-bond donors (Lipinski definition) is 1. The molecular formula is C16H17ClFNO. The summed E-state index contributed by atoms with van der Waals surface area (Å²) in [5.41, 5.74) is 2.00. The second kappa shape index (κ2) is 7.27. The monoisotopic (exact) mass is 293 g/mol. The van der Waals surface area contributed by atoms with Gasteiger partial charge in [-0.2, -0.15) is 0 Å². The lowest BCUT2D eigenvalue weighted by Gasteiger charge is -2.10. The average molecular weight is 294 g/mol. The van der Waals surface area contributed by atoms with Gasteiger partial charge in [0, 0.05) is 17.1 Å². The van der Waals surface area contributed by atoms with E-state index in [2.05, 4.69) is 5.32 Å². The van der Waals surface area contributed by atoms with Crippen molar-refractivity contribution in [3.05, 3.63) is 64.4 Å². The van der Waals surface area contributed by atoms with E-state index in [-0.39, 0.29) is 5.82 Å². The topological polar surface area (TPSA) is 21.3 Å². The van der Waals surface area contributed by atoms with Crippen LogP contribution in [0, 0.1) is 5.82 Å². The Bertz CT molecular complexity index is 574. The number of halogens is 2. The minimum Gasteiger partial charge on any atom is -0.496 e. The molecule has 1 N–H and O–H groups in total. The molecule has 0 amide bonds. The van der Waals surface area contributed by atoms with E-state index in [1.165, 1.54) is 6.07 Å². The summed E-state index contributed by atoms with van der Waals surface area (Å²) in [4.78, 5) is 0. The molecular weight excluding hydrogens is 277 g/mol. The molecule has 0 bridgehead atoms. The number of rotatable bonds is 6. The molecule has 0 radical (unpaired) electrons. The van der Waals surface area contributed by atoms with Crippen LogP contribution in [0.3, 0.4) is 0 Å². The second-order valence-electron chi connectivity index (χ2n) is 4.51. The van der Waals surface area contributed by atoms with Crippen LogP contribution in [0.1, 0.15) is 11.1 Å². The molecule has 0 atom stereocenters. The van der Waals surface area contributed by atoms with Gasteiger partial charge in [0.25, 0.3) is 0 Å². The van der Waals surface area contributed by atoms with Gasteiger partial charge in [-0.05, 0) is 48.9 Å². The van der Waals surface area contributed by atoms with E-state index in [1.807, 2.05) is 18.2 Å². The molecule has 0 fully saturated rings. The van der Waals surface area contributed by atoms with Crippen molar-refractivity contribution in [2.45, 2.75) is 13.0 Å². The third-order valence-electron chi connectivity index (χ3n) is 3.04. The fraction of sp³-hybridized carbons (Fsp3) is 0.250. The first kappa shape index (κ1) is 14.8. The molecule has 0 heterocycles. The van der Waals surface area contributed by atoms with Crippen molar-refractivity contribution in [1.82, 2.24) is 5.32 Å². The quantitative estimate of drug-likeness (QED) is 0.818. The van der Waals surface area contributed by atoms with E-state index >= 15 is 0 Å². The van der Waals surface area contributed by atoms with Crippen LogP contribution < -0.4 is 10.1 Å². The van der Waals surface area contributed by atoms with E-state index in [4.69, 9.17) is 16.3 Å². The summed E-state index contributed by atoms with van der Waals surface area (Å²) >= 11 is 5.97. The summed E-state index contributed by atoms with van der Waals surface area (Å²) in [5, 5.41) is 4.00. The average Bonchev–Trinajstić information content (AvgIpc) is 2.44. The van der Waals surface area contributed by atoms with Crippen molar-refractivity contribution in [2.24, 2.45) is 0 Å². The van der Waals surface area contributed by atoms with Crippen LogP contribution in [-0.4, -0.2) is 13.7 Å². The van der Waals surface area contributed by atoms with E-state index < -0.39 is 0 Å². The van der Waals surface area contributed by atoms with Crippen LogP contribution in [0.2, 0.25) is 5.02 Å². The van der Waals surface area contributed by atoms with Crippen molar-refractivity contribution in [3.8, 4) is 5.75 Å². The Labute approximate surface area is 123 Å². The number of benzene rings is 2. The van der Waals surface area contributed by atoms with Crippen molar-refractivity contribution >= 4 is 11.6 Å². The third-order valence-corrected chi connectivity index (χ3v) is 3.27. The molecule has 2 aromatic carbocycles. The number of hydrogen-bond acceptors (Lipinski definition) is 2. The molecule has 0 aliphatic heterocycles. The molecule has 0 saturated carbocycles.